The molecule has 114 valence electrons. The van der Waals surface area contributed by atoms with Gasteiger partial charge in [0, 0.05) is 19.0 Å². The predicted molar refractivity (Wildman–Crippen MR) is 73.9 cm³/mol. The van der Waals surface area contributed by atoms with E-state index in [2.05, 4.69) is 10.6 Å². The molecule has 0 spiro atoms. The Morgan fingerprint density at radius 3 is 2.15 bits per heavy atom. The molecular formula is C14H24N2O4. The maximum atomic E-state index is 12.0. The molecule has 3 N–H and O–H groups in total. The second kappa shape index (κ2) is 7.87. The summed E-state index contributed by atoms with van der Waals surface area (Å²) in [5, 5.41) is 14.5. The van der Waals surface area contributed by atoms with Gasteiger partial charge >= 0.3 is 5.97 Å². The van der Waals surface area contributed by atoms with Gasteiger partial charge in [0.25, 0.3) is 0 Å². The molecule has 1 fully saturated rings. The van der Waals surface area contributed by atoms with E-state index in [9.17, 15) is 14.4 Å². The van der Waals surface area contributed by atoms with Crippen molar-refractivity contribution in [3.63, 3.8) is 0 Å². The molecular weight excluding hydrogens is 260 g/mol. The highest BCUT2D eigenvalue weighted by molar-refractivity contribution is 5.85. The Morgan fingerprint density at radius 2 is 1.60 bits per heavy atom. The van der Waals surface area contributed by atoms with Gasteiger partial charge in [-0.3, -0.25) is 14.4 Å². The van der Waals surface area contributed by atoms with Gasteiger partial charge in [-0.05, 0) is 12.8 Å². The molecule has 1 saturated carbocycles. The van der Waals surface area contributed by atoms with Gasteiger partial charge in [-0.2, -0.15) is 0 Å². The summed E-state index contributed by atoms with van der Waals surface area (Å²) in [6.07, 6.45) is 2.95. The first-order valence-electron chi connectivity index (χ1n) is 7.21. The zero-order chi connectivity index (χ0) is 15.1. The molecule has 0 aliphatic heterocycles. The second-order valence-electron chi connectivity index (χ2n) is 5.57. The molecule has 6 heteroatoms. The predicted octanol–water partition coefficient (Wildman–Crippen LogP) is 0.766. The molecule has 1 aliphatic carbocycles. The molecule has 20 heavy (non-hydrogen) atoms. The van der Waals surface area contributed by atoms with Crippen LogP contribution in [0.4, 0.5) is 0 Å². The fraction of sp³-hybridized carbons (Fsp3) is 0.786. The van der Waals surface area contributed by atoms with Crippen LogP contribution in [0.5, 0.6) is 0 Å². The number of amides is 2. The highest BCUT2D eigenvalue weighted by atomic mass is 16.4. The molecule has 2 atom stereocenters. The van der Waals surface area contributed by atoms with Gasteiger partial charge in [0.15, 0.2) is 0 Å². The Balaban J connectivity index is 2.34. The van der Waals surface area contributed by atoms with Gasteiger partial charge in [0.2, 0.25) is 11.8 Å². The van der Waals surface area contributed by atoms with Crippen LogP contribution in [0.2, 0.25) is 0 Å². The van der Waals surface area contributed by atoms with Crippen LogP contribution in [-0.4, -0.2) is 36.0 Å². The van der Waals surface area contributed by atoms with Crippen LogP contribution in [-0.2, 0) is 14.4 Å². The smallest absolute Gasteiger partial charge is 0.307 e. The highest BCUT2D eigenvalue weighted by Crippen LogP contribution is 2.30. The maximum Gasteiger partial charge on any atom is 0.307 e. The Bertz CT molecular complexity index is 368. The highest BCUT2D eigenvalue weighted by Gasteiger charge is 2.35. The minimum Gasteiger partial charge on any atom is -0.481 e. The van der Waals surface area contributed by atoms with Gasteiger partial charge in [0.05, 0.1) is 11.8 Å². The molecule has 0 heterocycles. The molecule has 0 aromatic rings. The SMILES string of the molecule is CC(C)C(=O)NCCNC(=O)C1CCCCC1C(=O)O. The summed E-state index contributed by atoms with van der Waals surface area (Å²) in [5.74, 6) is -2.26. The number of rotatable bonds is 6. The van der Waals surface area contributed by atoms with Gasteiger partial charge in [-0.1, -0.05) is 26.7 Å². The molecule has 0 radical (unpaired) electrons. The summed E-state index contributed by atoms with van der Waals surface area (Å²) >= 11 is 0. The van der Waals surface area contributed by atoms with Crippen molar-refractivity contribution in [1.82, 2.24) is 10.6 Å². The van der Waals surface area contributed by atoms with E-state index in [1.165, 1.54) is 0 Å². The van der Waals surface area contributed by atoms with Crippen molar-refractivity contribution in [3.05, 3.63) is 0 Å². The third kappa shape index (κ3) is 4.83. The van der Waals surface area contributed by atoms with Crippen LogP contribution in [0.3, 0.4) is 0 Å². The largest absolute Gasteiger partial charge is 0.481 e. The average Bonchev–Trinajstić information content (AvgIpc) is 2.42. The monoisotopic (exact) mass is 284 g/mol. The van der Waals surface area contributed by atoms with E-state index in [4.69, 9.17) is 5.11 Å². The van der Waals surface area contributed by atoms with Crippen LogP contribution in [0.15, 0.2) is 0 Å². The summed E-state index contributed by atoms with van der Waals surface area (Å²) in [6, 6.07) is 0. The standard InChI is InChI=1S/C14H24N2O4/c1-9(2)12(17)15-7-8-16-13(18)10-5-3-4-6-11(10)14(19)20/h9-11H,3-8H2,1-2H3,(H,15,17)(H,16,18)(H,19,20). The van der Waals surface area contributed by atoms with Crippen LogP contribution < -0.4 is 10.6 Å². The number of carboxylic acids is 1. The van der Waals surface area contributed by atoms with E-state index in [0.29, 0.717) is 25.9 Å². The first kappa shape index (κ1) is 16.5. The van der Waals surface area contributed by atoms with Crippen molar-refractivity contribution < 1.29 is 19.5 Å². The van der Waals surface area contributed by atoms with Crippen molar-refractivity contribution in [2.24, 2.45) is 17.8 Å². The van der Waals surface area contributed by atoms with E-state index < -0.39 is 17.8 Å². The van der Waals surface area contributed by atoms with Crippen molar-refractivity contribution in [2.45, 2.75) is 39.5 Å². The third-order valence-electron chi connectivity index (χ3n) is 3.67. The summed E-state index contributed by atoms with van der Waals surface area (Å²) < 4.78 is 0. The lowest BCUT2D eigenvalue weighted by molar-refractivity contribution is -0.148. The van der Waals surface area contributed by atoms with Crippen LogP contribution in [0, 0.1) is 17.8 Å². The van der Waals surface area contributed by atoms with E-state index in [1.807, 2.05) is 0 Å². The average molecular weight is 284 g/mol. The molecule has 0 saturated heterocycles. The zero-order valence-corrected chi connectivity index (χ0v) is 12.1. The fourth-order valence-electron chi connectivity index (χ4n) is 2.45. The molecule has 2 unspecified atom stereocenters. The van der Waals surface area contributed by atoms with Gasteiger partial charge in [0.1, 0.15) is 0 Å². The lowest BCUT2D eigenvalue weighted by atomic mass is 9.79. The summed E-state index contributed by atoms with van der Waals surface area (Å²) in [7, 11) is 0. The quantitative estimate of drug-likeness (QED) is 0.628. The van der Waals surface area contributed by atoms with E-state index in [1.54, 1.807) is 13.8 Å². The van der Waals surface area contributed by atoms with Gasteiger partial charge < -0.3 is 15.7 Å². The zero-order valence-electron chi connectivity index (χ0n) is 12.1. The minimum atomic E-state index is -0.891. The topological polar surface area (TPSA) is 95.5 Å². The fourth-order valence-corrected chi connectivity index (χ4v) is 2.45. The third-order valence-corrected chi connectivity index (χ3v) is 3.67. The van der Waals surface area contributed by atoms with Crippen LogP contribution >= 0.6 is 0 Å². The minimum absolute atomic E-state index is 0.0553. The Morgan fingerprint density at radius 1 is 1.05 bits per heavy atom. The molecule has 0 aromatic carbocycles. The Kier molecular flexibility index (Phi) is 6.48. The molecule has 0 bridgehead atoms. The van der Waals surface area contributed by atoms with Crippen molar-refractivity contribution >= 4 is 17.8 Å². The van der Waals surface area contributed by atoms with Crippen LogP contribution in [0.25, 0.3) is 0 Å². The first-order chi connectivity index (χ1) is 9.43. The van der Waals surface area contributed by atoms with Gasteiger partial charge in [-0.25, -0.2) is 0 Å². The lowest BCUT2D eigenvalue weighted by Crippen LogP contribution is -2.42. The summed E-state index contributed by atoms with van der Waals surface area (Å²) in [5.41, 5.74) is 0. The number of hydrogen-bond acceptors (Lipinski definition) is 3. The second-order valence-corrected chi connectivity index (χ2v) is 5.57. The number of nitrogens with one attached hydrogen (secondary N) is 2. The van der Waals surface area contributed by atoms with Crippen molar-refractivity contribution in [3.8, 4) is 0 Å². The Labute approximate surface area is 119 Å². The molecule has 1 aliphatic rings. The number of hydrogen-bond donors (Lipinski definition) is 3. The number of carbonyl (C=O) groups excluding carboxylic acids is 2. The molecule has 2 amide bonds. The van der Waals surface area contributed by atoms with E-state index in [-0.39, 0.29) is 17.7 Å². The lowest BCUT2D eigenvalue weighted by Gasteiger charge is -2.27. The van der Waals surface area contributed by atoms with Crippen molar-refractivity contribution in [1.29, 1.82) is 0 Å². The number of carbonyl (C=O) groups is 3. The van der Waals surface area contributed by atoms with Gasteiger partial charge in [-0.15, -0.1) is 0 Å². The van der Waals surface area contributed by atoms with Crippen molar-refractivity contribution in [2.75, 3.05) is 13.1 Å². The van der Waals surface area contributed by atoms with E-state index in [0.717, 1.165) is 12.8 Å². The number of carboxylic acid groups (broad SMARTS) is 1. The first-order valence-corrected chi connectivity index (χ1v) is 7.21. The maximum absolute atomic E-state index is 12.0. The molecule has 0 aromatic heterocycles. The summed E-state index contributed by atoms with van der Waals surface area (Å²) in [4.78, 5) is 34.5. The number of aliphatic carboxylic acids is 1. The summed E-state index contributed by atoms with van der Waals surface area (Å²) in [6.45, 7) is 4.30. The molecule has 6 nitrogen and oxygen atoms in total. The molecule has 1 rings (SSSR count). The van der Waals surface area contributed by atoms with E-state index >= 15 is 0 Å². The van der Waals surface area contributed by atoms with Crippen LogP contribution in [0.1, 0.15) is 39.5 Å². The Hall–Kier alpha value is -1.59. The normalized spacial score (nSPS) is 22.4.